The zero-order chi connectivity index (χ0) is 17.1. The number of rotatable bonds is 4. The Hall–Kier alpha value is -2.95. The van der Waals surface area contributed by atoms with E-state index in [0.717, 1.165) is 22.9 Å². The van der Waals surface area contributed by atoms with Gasteiger partial charge in [0.1, 0.15) is 17.4 Å². The largest absolute Gasteiger partial charge is 0.497 e. The topological polar surface area (TPSA) is 31.2 Å². The molecule has 3 rings (SSSR count). The number of hydrogen-bond acceptors (Lipinski definition) is 2. The van der Waals surface area contributed by atoms with Crippen molar-refractivity contribution in [1.82, 2.24) is 4.57 Å². The minimum absolute atomic E-state index is 0.0366. The lowest BCUT2D eigenvalue weighted by Crippen LogP contribution is -2.19. The molecule has 0 aliphatic heterocycles. The number of benzene rings is 2. The van der Waals surface area contributed by atoms with Gasteiger partial charge in [-0.15, -0.1) is 0 Å². The normalized spacial score (nSPS) is 10.6. The molecule has 3 nitrogen and oxygen atoms in total. The van der Waals surface area contributed by atoms with Crippen LogP contribution in [0.2, 0.25) is 0 Å². The molecule has 3 aromatic rings. The molecule has 0 aliphatic rings. The van der Waals surface area contributed by atoms with Crippen molar-refractivity contribution in [2.24, 2.45) is 0 Å². The van der Waals surface area contributed by atoms with E-state index in [0.29, 0.717) is 0 Å². The van der Waals surface area contributed by atoms with E-state index >= 15 is 0 Å². The number of aromatic nitrogens is 1. The predicted molar refractivity (Wildman–Crippen MR) is 88.2 cm³/mol. The molecule has 0 bridgehead atoms. The van der Waals surface area contributed by atoms with Gasteiger partial charge in [0.05, 0.1) is 13.7 Å². The number of ether oxygens (including phenoxy) is 1. The summed E-state index contributed by atoms with van der Waals surface area (Å²) in [4.78, 5) is 12.0. The predicted octanol–water partition coefficient (Wildman–Crippen LogP) is 3.85. The summed E-state index contributed by atoms with van der Waals surface area (Å²) in [7, 11) is 1.59. The second kappa shape index (κ2) is 6.66. The molecule has 0 unspecified atom stereocenters. The molecule has 0 aliphatic carbocycles. The van der Waals surface area contributed by atoms with E-state index in [1.54, 1.807) is 19.4 Å². The minimum Gasteiger partial charge on any atom is -0.497 e. The van der Waals surface area contributed by atoms with Crippen LogP contribution >= 0.6 is 0 Å². The summed E-state index contributed by atoms with van der Waals surface area (Å²) in [6, 6.07) is 13.9. The molecule has 0 atom stereocenters. The number of nitrogens with zero attached hydrogens (tertiary/aromatic N) is 1. The first-order valence-electron chi connectivity index (χ1n) is 7.35. The zero-order valence-electron chi connectivity index (χ0n) is 13.0. The lowest BCUT2D eigenvalue weighted by molar-refractivity contribution is 0.415. The van der Waals surface area contributed by atoms with Gasteiger partial charge in [0.25, 0.3) is 5.56 Å². The number of halogens is 2. The minimum atomic E-state index is -0.670. The van der Waals surface area contributed by atoms with E-state index in [-0.39, 0.29) is 17.7 Å². The van der Waals surface area contributed by atoms with Crippen molar-refractivity contribution in [3.8, 4) is 16.9 Å². The summed E-state index contributed by atoms with van der Waals surface area (Å²) < 4.78 is 33.3. The van der Waals surface area contributed by atoms with Gasteiger partial charge < -0.3 is 9.30 Å². The van der Waals surface area contributed by atoms with Gasteiger partial charge in [-0.05, 0) is 35.4 Å². The molecule has 1 heterocycles. The second-order valence-corrected chi connectivity index (χ2v) is 5.35. The molecule has 0 N–H and O–H groups in total. The summed E-state index contributed by atoms with van der Waals surface area (Å²) in [5.41, 5.74) is 1.73. The van der Waals surface area contributed by atoms with E-state index < -0.39 is 11.6 Å². The summed E-state index contributed by atoms with van der Waals surface area (Å²) in [6.07, 6.45) is 1.66. The summed E-state index contributed by atoms with van der Waals surface area (Å²) in [5.74, 6) is -0.576. The highest BCUT2D eigenvalue weighted by Crippen LogP contribution is 2.21. The molecule has 0 fully saturated rings. The molecule has 0 saturated heterocycles. The smallest absolute Gasteiger partial charge is 0.250 e. The van der Waals surface area contributed by atoms with E-state index in [4.69, 9.17) is 4.74 Å². The van der Waals surface area contributed by atoms with E-state index in [2.05, 4.69) is 0 Å². The fraction of sp³-hybridized carbons (Fsp3) is 0.105. The molecule has 0 radical (unpaired) electrons. The third kappa shape index (κ3) is 3.35. The third-order valence-corrected chi connectivity index (χ3v) is 3.76. The molecule has 122 valence electrons. The molecular formula is C19H15F2NO2. The van der Waals surface area contributed by atoms with Gasteiger partial charge in [-0.25, -0.2) is 8.78 Å². The van der Waals surface area contributed by atoms with Crippen LogP contribution in [0.1, 0.15) is 5.56 Å². The van der Waals surface area contributed by atoms with Crippen LogP contribution in [0.25, 0.3) is 11.1 Å². The molecule has 5 heteroatoms. The Morgan fingerprint density at radius 1 is 0.958 bits per heavy atom. The number of hydrogen-bond donors (Lipinski definition) is 0. The Morgan fingerprint density at radius 3 is 2.33 bits per heavy atom. The highest BCUT2D eigenvalue weighted by molar-refractivity contribution is 5.63. The van der Waals surface area contributed by atoms with Crippen LogP contribution in [0, 0.1) is 11.6 Å². The van der Waals surface area contributed by atoms with E-state index in [1.807, 2.05) is 24.3 Å². The van der Waals surface area contributed by atoms with Gasteiger partial charge in [-0.1, -0.05) is 18.2 Å². The lowest BCUT2D eigenvalue weighted by Gasteiger charge is -2.10. The van der Waals surface area contributed by atoms with Crippen LogP contribution in [0.3, 0.4) is 0 Å². The standard InChI is InChI=1S/C19H15F2NO2/c1-24-17-7-3-13(4-8-17)14-5-9-19(23)22(11-14)12-15-2-6-16(20)10-18(15)21/h2-11H,12H2,1H3. The average Bonchev–Trinajstić information content (AvgIpc) is 2.59. The molecule has 24 heavy (non-hydrogen) atoms. The second-order valence-electron chi connectivity index (χ2n) is 5.35. The third-order valence-electron chi connectivity index (χ3n) is 3.76. The summed E-state index contributed by atoms with van der Waals surface area (Å²) >= 11 is 0. The molecule has 1 aromatic heterocycles. The highest BCUT2D eigenvalue weighted by atomic mass is 19.1. The molecule has 0 spiro atoms. The quantitative estimate of drug-likeness (QED) is 0.729. The van der Waals surface area contributed by atoms with Crippen molar-refractivity contribution in [3.05, 3.63) is 88.3 Å². The van der Waals surface area contributed by atoms with Crippen LogP contribution in [0.4, 0.5) is 8.78 Å². The van der Waals surface area contributed by atoms with Gasteiger partial charge in [-0.3, -0.25) is 4.79 Å². The van der Waals surface area contributed by atoms with Crippen LogP contribution in [0.5, 0.6) is 5.75 Å². The van der Waals surface area contributed by atoms with Crippen molar-refractivity contribution < 1.29 is 13.5 Å². The van der Waals surface area contributed by atoms with Crippen molar-refractivity contribution in [2.45, 2.75) is 6.54 Å². The fourth-order valence-electron chi connectivity index (χ4n) is 2.44. The molecular weight excluding hydrogens is 312 g/mol. The SMILES string of the molecule is COc1ccc(-c2ccc(=O)n(Cc3ccc(F)cc3F)c2)cc1. The molecule has 0 saturated carbocycles. The van der Waals surface area contributed by atoms with Crippen molar-refractivity contribution in [3.63, 3.8) is 0 Å². The first-order chi connectivity index (χ1) is 11.6. The Morgan fingerprint density at radius 2 is 1.67 bits per heavy atom. The van der Waals surface area contributed by atoms with Crippen LogP contribution < -0.4 is 10.3 Å². The van der Waals surface area contributed by atoms with Crippen molar-refractivity contribution in [1.29, 1.82) is 0 Å². The molecule has 2 aromatic carbocycles. The summed E-state index contributed by atoms with van der Waals surface area (Å²) in [6.45, 7) is 0.0366. The van der Waals surface area contributed by atoms with Crippen LogP contribution in [-0.2, 0) is 6.54 Å². The van der Waals surface area contributed by atoms with Gasteiger partial charge in [-0.2, -0.15) is 0 Å². The van der Waals surface area contributed by atoms with Crippen molar-refractivity contribution in [2.75, 3.05) is 7.11 Å². The van der Waals surface area contributed by atoms with Gasteiger partial charge in [0.2, 0.25) is 0 Å². The van der Waals surface area contributed by atoms with Gasteiger partial charge >= 0.3 is 0 Å². The first-order valence-corrected chi connectivity index (χ1v) is 7.35. The lowest BCUT2D eigenvalue weighted by atomic mass is 10.1. The zero-order valence-corrected chi connectivity index (χ0v) is 13.0. The van der Waals surface area contributed by atoms with Crippen molar-refractivity contribution >= 4 is 0 Å². The maximum Gasteiger partial charge on any atom is 0.250 e. The number of methoxy groups -OCH3 is 1. The molecule has 0 amide bonds. The number of pyridine rings is 1. The van der Waals surface area contributed by atoms with Crippen LogP contribution in [0.15, 0.2) is 65.6 Å². The highest BCUT2D eigenvalue weighted by Gasteiger charge is 2.07. The van der Waals surface area contributed by atoms with Gasteiger partial charge in [0, 0.05) is 23.9 Å². The van der Waals surface area contributed by atoms with E-state index in [9.17, 15) is 13.6 Å². The Kier molecular flexibility index (Phi) is 4.42. The first kappa shape index (κ1) is 15.9. The van der Waals surface area contributed by atoms with Gasteiger partial charge in [0.15, 0.2) is 0 Å². The Labute approximate surface area is 137 Å². The Balaban J connectivity index is 1.95. The maximum absolute atomic E-state index is 13.8. The average molecular weight is 327 g/mol. The van der Waals surface area contributed by atoms with E-state index in [1.165, 1.54) is 22.8 Å². The maximum atomic E-state index is 13.8. The fourth-order valence-corrected chi connectivity index (χ4v) is 2.44. The Bertz CT molecular complexity index is 917. The monoisotopic (exact) mass is 327 g/mol. The summed E-state index contributed by atoms with van der Waals surface area (Å²) in [5, 5.41) is 0. The van der Waals surface area contributed by atoms with Crippen LogP contribution in [-0.4, -0.2) is 11.7 Å².